The van der Waals surface area contributed by atoms with Crippen molar-refractivity contribution in [2.75, 3.05) is 24.7 Å². The van der Waals surface area contributed by atoms with Gasteiger partial charge in [0, 0.05) is 22.8 Å². The summed E-state index contributed by atoms with van der Waals surface area (Å²) in [5.41, 5.74) is 0.509. The Bertz CT molecular complexity index is 533. The van der Waals surface area contributed by atoms with Crippen molar-refractivity contribution >= 4 is 35.2 Å². The van der Waals surface area contributed by atoms with Crippen LogP contribution in [0.4, 0.5) is 8.78 Å². The molecule has 1 saturated carbocycles. The van der Waals surface area contributed by atoms with E-state index in [1.54, 1.807) is 30.4 Å². The minimum Gasteiger partial charge on any atom is -0.465 e. The third kappa shape index (κ3) is 2.54. The third-order valence-corrected chi connectivity index (χ3v) is 7.86. The van der Waals surface area contributed by atoms with E-state index in [1.807, 2.05) is 0 Å². The molecule has 2 atom stereocenters. The lowest BCUT2D eigenvalue weighted by Crippen LogP contribution is -2.36. The van der Waals surface area contributed by atoms with Gasteiger partial charge in [-0.05, 0) is 25.2 Å². The molecule has 1 heterocycles. The van der Waals surface area contributed by atoms with Crippen molar-refractivity contribution in [3.8, 4) is 0 Å². The van der Waals surface area contributed by atoms with Crippen LogP contribution in [0, 0.1) is 17.2 Å². The van der Waals surface area contributed by atoms with Crippen molar-refractivity contribution in [3.63, 3.8) is 0 Å². The smallest absolute Gasteiger partial charge is 0.325 e. The van der Waals surface area contributed by atoms with Crippen LogP contribution in [0.3, 0.4) is 0 Å². The number of carbonyl (C=O) groups is 1. The first-order valence-corrected chi connectivity index (χ1v) is 9.27. The molecule has 0 aromatic rings. The topological polar surface area (TPSA) is 62.2 Å². The average Bonchev–Trinajstić information content (AvgIpc) is 3.04. The minimum absolute atomic E-state index is 0.0362. The number of allylic oxidation sites excluding steroid dienone is 1. The van der Waals surface area contributed by atoms with Crippen LogP contribution in [-0.4, -0.2) is 46.8 Å². The Morgan fingerprint density at radius 2 is 2.18 bits per heavy atom. The summed E-state index contributed by atoms with van der Waals surface area (Å²) in [5.74, 6) is 1.89. The van der Waals surface area contributed by atoms with E-state index in [0.29, 0.717) is 23.8 Å². The van der Waals surface area contributed by atoms with Gasteiger partial charge in [-0.1, -0.05) is 0 Å². The molecule has 3 rings (SSSR count). The molecular weight excluding hydrogens is 330 g/mol. The maximum absolute atomic E-state index is 13.0. The molecule has 1 aliphatic heterocycles. The minimum atomic E-state index is -2.78. The first kappa shape index (κ1) is 16.1. The highest BCUT2D eigenvalue weighted by Gasteiger charge is 2.65. The predicted octanol–water partition coefficient (Wildman–Crippen LogP) is 2.50. The molecule has 0 amide bonds. The van der Waals surface area contributed by atoms with E-state index < -0.39 is 18.1 Å². The lowest BCUT2D eigenvalue weighted by atomic mass is 10.1. The molecular formula is C14H18F2N2O2S2. The first-order valence-electron chi connectivity index (χ1n) is 7.30. The van der Waals surface area contributed by atoms with Crippen molar-refractivity contribution in [1.82, 2.24) is 5.32 Å². The van der Waals surface area contributed by atoms with E-state index in [-0.39, 0.29) is 16.5 Å². The van der Waals surface area contributed by atoms with Crippen LogP contribution >= 0.6 is 23.5 Å². The summed E-state index contributed by atoms with van der Waals surface area (Å²) in [4.78, 5) is 11.6. The van der Waals surface area contributed by atoms with Crippen molar-refractivity contribution in [3.05, 3.63) is 11.3 Å². The summed E-state index contributed by atoms with van der Waals surface area (Å²) < 4.78 is 30.7. The van der Waals surface area contributed by atoms with Crippen LogP contribution in [0.5, 0.6) is 0 Å². The number of thioether (sulfide) groups is 2. The highest BCUT2D eigenvalue weighted by Crippen LogP contribution is 2.70. The van der Waals surface area contributed by atoms with Gasteiger partial charge in [0.2, 0.25) is 0 Å². The molecule has 0 bridgehead atoms. The Morgan fingerprint density at radius 3 is 2.77 bits per heavy atom. The van der Waals surface area contributed by atoms with Gasteiger partial charge in [0.1, 0.15) is 16.3 Å². The van der Waals surface area contributed by atoms with Crippen LogP contribution in [0.15, 0.2) is 11.3 Å². The van der Waals surface area contributed by atoms with E-state index in [0.717, 1.165) is 17.9 Å². The second-order valence-electron chi connectivity index (χ2n) is 5.47. The number of ether oxygens (including phenoxy) is 1. The van der Waals surface area contributed by atoms with Gasteiger partial charge in [-0.15, -0.1) is 23.5 Å². The molecule has 4 nitrogen and oxygen atoms in total. The second kappa shape index (κ2) is 6.03. The fourth-order valence-electron chi connectivity index (χ4n) is 3.32. The number of fused-ring (bicyclic) bond motifs is 2. The van der Waals surface area contributed by atoms with Crippen molar-refractivity contribution < 1.29 is 18.3 Å². The number of hydrogen-bond acceptors (Lipinski definition) is 6. The number of esters is 1. The van der Waals surface area contributed by atoms with Gasteiger partial charge in [-0.3, -0.25) is 10.2 Å². The van der Waals surface area contributed by atoms with E-state index >= 15 is 0 Å². The second-order valence-corrected chi connectivity index (χ2v) is 8.41. The van der Waals surface area contributed by atoms with Gasteiger partial charge < -0.3 is 10.1 Å². The zero-order valence-corrected chi connectivity index (χ0v) is 13.8. The van der Waals surface area contributed by atoms with Crippen LogP contribution in [-0.2, 0) is 9.53 Å². The largest absolute Gasteiger partial charge is 0.465 e. The van der Waals surface area contributed by atoms with Gasteiger partial charge in [0.15, 0.2) is 0 Å². The zero-order chi connectivity index (χ0) is 15.9. The van der Waals surface area contributed by atoms with E-state index in [9.17, 15) is 13.6 Å². The van der Waals surface area contributed by atoms with Crippen LogP contribution in [0.25, 0.3) is 0 Å². The van der Waals surface area contributed by atoms with Gasteiger partial charge in [0.25, 0.3) is 6.43 Å². The quantitative estimate of drug-likeness (QED) is 0.570. The molecule has 3 aliphatic rings. The zero-order valence-electron chi connectivity index (χ0n) is 12.2. The lowest BCUT2D eigenvalue weighted by Gasteiger charge is -2.29. The number of hydrogen-bond donors (Lipinski definition) is 2. The van der Waals surface area contributed by atoms with Crippen LogP contribution < -0.4 is 5.32 Å². The number of alkyl halides is 2. The summed E-state index contributed by atoms with van der Waals surface area (Å²) >= 11 is 3.51. The van der Waals surface area contributed by atoms with Gasteiger partial charge in [-0.2, -0.15) is 0 Å². The molecule has 2 N–H and O–H groups in total. The van der Waals surface area contributed by atoms with E-state index in [4.69, 9.17) is 10.1 Å². The number of halogens is 2. The normalized spacial score (nSPS) is 28.2. The first-order chi connectivity index (χ1) is 10.5. The average molecular weight is 348 g/mol. The SMILES string of the molecule is CCOC(=O)CNC1=C(C(=N)C(F)F)C2CC2C12SCCS2. The Labute approximate surface area is 136 Å². The summed E-state index contributed by atoms with van der Waals surface area (Å²) in [6, 6.07) is 0. The maximum Gasteiger partial charge on any atom is 0.325 e. The van der Waals surface area contributed by atoms with Gasteiger partial charge >= 0.3 is 5.97 Å². The van der Waals surface area contributed by atoms with Crippen molar-refractivity contribution in [2.45, 2.75) is 23.8 Å². The molecule has 8 heteroatoms. The monoisotopic (exact) mass is 348 g/mol. The number of nitrogens with one attached hydrogen (secondary N) is 2. The number of carbonyl (C=O) groups excluding carboxylic acids is 1. The summed E-state index contributed by atoms with van der Waals surface area (Å²) in [7, 11) is 0. The van der Waals surface area contributed by atoms with E-state index in [1.165, 1.54) is 0 Å². The third-order valence-electron chi connectivity index (χ3n) is 4.21. The van der Waals surface area contributed by atoms with Crippen molar-refractivity contribution in [2.24, 2.45) is 11.8 Å². The fourth-order valence-corrected chi connectivity index (χ4v) is 7.03. The standard InChI is InChI=1S/C14H18F2N2O2S2/c1-2-20-9(19)6-18-12-10(11(17)13(15)16)7-5-8(7)14(12)21-3-4-22-14/h7-8,13,17-18H,2-6H2,1H3. The molecule has 2 fully saturated rings. The molecule has 2 unspecified atom stereocenters. The molecule has 0 radical (unpaired) electrons. The Balaban J connectivity index is 1.87. The van der Waals surface area contributed by atoms with Gasteiger partial charge in [0.05, 0.1) is 6.61 Å². The molecule has 22 heavy (non-hydrogen) atoms. The number of rotatable bonds is 6. The fraction of sp³-hybridized carbons (Fsp3) is 0.714. The van der Waals surface area contributed by atoms with Crippen LogP contribution in [0.1, 0.15) is 13.3 Å². The van der Waals surface area contributed by atoms with Crippen molar-refractivity contribution in [1.29, 1.82) is 5.41 Å². The lowest BCUT2D eigenvalue weighted by molar-refractivity contribution is -0.141. The Morgan fingerprint density at radius 1 is 1.50 bits per heavy atom. The highest BCUT2D eigenvalue weighted by molar-refractivity contribution is 8.21. The molecule has 2 aliphatic carbocycles. The van der Waals surface area contributed by atoms with Gasteiger partial charge in [-0.25, -0.2) is 8.78 Å². The molecule has 1 saturated heterocycles. The maximum atomic E-state index is 13.0. The Hall–Kier alpha value is -0.760. The predicted molar refractivity (Wildman–Crippen MR) is 84.6 cm³/mol. The summed E-state index contributed by atoms with van der Waals surface area (Å²) in [6.45, 7) is 1.98. The molecule has 0 aromatic carbocycles. The van der Waals surface area contributed by atoms with Crippen LogP contribution in [0.2, 0.25) is 0 Å². The summed E-state index contributed by atoms with van der Waals surface area (Å²) in [6.07, 6.45) is -1.91. The molecule has 0 aromatic heterocycles. The molecule has 122 valence electrons. The molecule has 1 spiro atoms. The van der Waals surface area contributed by atoms with E-state index in [2.05, 4.69) is 5.32 Å². The summed E-state index contributed by atoms with van der Waals surface area (Å²) in [5, 5.41) is 10.8. The Kier molecular flexibility index (Phi) is 4.42. The highest BCUT2D eigenvalue weighted by atomic mass is 32.2.